The number of amidine groups is 1. The first-order chi connectivity index (χ1) is 12.2. The Labute approximate surface area is 179 Å². The Balaban J connectivity index is 0.00000182. The van der Waals surface area contributed by atoms with E-state index in [9.17, 15) is 4.21 Å². The van der Waals surface area contributed by atoms with Crippen molar-refractivity contribution in [3.8, 4) is 5.75 Å². The number of methoxy groups -OCH3 is 1. The van der Waals surface area contributed by atoms with Gasteiger partial charge in [0.05, 0.1) is 34.6 Å². The third-order valence-corrected chi connectivity index (χ3v) is 5.07. The molecule has 0 fully saturated rings. The Kier molecular flexibility index (Phi) is 8.37. The number of aromatic nitrogens is 1. The second kappa shape index (κ2) is 10.3. The second-order valence-electron chi connectivity index (χ2n) is 5.70. The van der Waals surface area contributed by atoms with Crippen LogP contribution >= 0.6 is 0 Å². The standard InChI is InChI=1S/C18H21N3O3S.Na.H/c1-13-16(19-9-8-17(13)24-11-5-10-23-2)12-25(22)18-20-14-6-3-4-7-15(14)21-18;;/h3-4,6-9,14H,5,10-12H2,1-2H3;;/q;+1;-1. The van der Waals surface area contributed by atoms with Crippen molar-refractivity contribution in [3.05, 3.63) is 47.8 Å². The van der Waals surface area contributed by atoms with Crippen molar-refractivity contribution in [1.29, 1.82) is 0 Å². The molecule has 26 heavy (non-hydrogen) atoms. The summed E-state index contributed by atoms with van der Waals surface area (Å²) in [5.74, 6) is 1.04. The Morgan fingerprint density at radius 1 is 1.31 bits per heavy atom. The molecule has 2 heterocycles. The summed E-state index contributed by atoms with van der Waals surface area (Å²) in [6.45, 7) is 3.16. The van der Waals surface area contributed by atoms with Gasteiger partial charge in [0.15, 0.2) is 0 Å². The fourth-order valence-corrected chi connectivity index (χ4v) is 3.64. The zero-order valence-corrected chi connectivity index (χ0v) is 18.2. The molecule has 0 radical (unpaired) electrons. The van der Waals surface area contributed by atoms with Crippen LogP contribution in [0.2, 0.25) is 0 Å². The summed E-state index contributed by atoms with van der Waals surface area (Å²) in [6.07, 6.45) is 10.2. The molecule has 0 bridgehead atoms. The summed E-state index contributed by atoms with van der Waals surface area (Å²) in [7, 11) is 0.335. The van der Waals surface area contributed by atoms with Crippen molar-refractivity contribution in [2.24, 2.45) is 9.98 Å². The summed E-state index contributed by atoms with van der Waals surface area (Å²) >= 11 is 0. The van der Waals surface area contributed by atoms with Crippen LogP contribution in [-0.4, -0.2) is 46.4 Å². The van der Waals surface area contributed by atoms with E-state index in [1.165, 1.54) is 0 Å². The van der Waals surface area contributed by atoms with Gasteiger partial charge in [-0.1, -0.05) is 18.2 Å². The minimum atomic E-state index is -1.33. The van der Waals surface area contributed by atoms with Gasteiger partial charge >= 0.3 is 29.6 Å². The summed E-state index contributed by atoms with van der Waals surface area (Å²) in [4.78, 5) is 13.2. The maximum absolute atomic E-state index is 12.6. The van der Waals surface area contributed by atoms with Gasteiger partial charge in [-0.2, -0.15) is 0 Å². The number of fused-ring (bicyclic) bond motifs is 1. The zero-order chi connectivity index (χ0) is 17.6. The maximum atomic E-state index is 12.6. The molecule has 0 spiro atoms. The van der Waals surface area contributed by atoms with Crippen LogP contribution in [-0.2, 0) is 21.3 Å². The fraction of sp³-hybridized carbons (Fsp3) is 0.389. The molecule has 0 amide bonds. The van der Waals surface area contributed by atoms with Crippen molar-refractivity contribution in [2.45, 2.75) is 25.1 Å². The van der Waals surface area contributed by atoms with Crippen molar-refractivity contribution in [3.63, 3.8) is 0 Å². The first kappa shape index (κ1) is 21.2. The molecule has 0 saturated carbocycles. The van der Waals surface area contributed by atoms with E-state index in [1.807, 2.05) is 37.3 Å². The Morgan fingerprint density at radius 2 is 2.15 bits per heavy atom. The van der Waals surface area contributed by atoms with Gasteiger partial charge in [-0.3, -0.25) is 9.19 Å². The van der Waals surface area contributed by atoms with Gasteiger partial charge in [0.1, 0.15) is 11.8 Å². The first-order valence-electron chi connectivity index (χ1n) is 8.15. The van der Waals surface area contributed by atoms with Crippen LogP contribution in [0.4, 0.5) is 0 Å². The molecule has 134 valence electrons. The van der Waals surface area contributed by atoms with Gasteiger partial charge in [0.25, 0.3) is 0 Å². The molecule has 1 aromatic heterocycles. The van der Waals surface area contributed by atoms with Gasteiger partial charge in [-0.05, 0) is 19.1 Å². The number of hydrogen-bond acceptors (Lipinski definition) is 6. The average Bonchev–Trinajstić information content (AvgIpc) is 3.06. The third-order valence-electron chi connectivity index (χ3n) is 3.93. The van der Waals surface area contributed by atoms with Crippen LogP contribution in [0, 0.1) is 6.92 Å². The molecule has 3 rings (SSSR count). The molecular formula is C18H22N3NaO3S. The molecule has 1 aromatic rings. The largest absolute Gasteiger partial charge is 1.00 e. The SMILES string of the molecule is COCCCOc1ccnc(CS(=O)C2=NC3C=CC=CC3=N2)c1C.[H-].[Na+]. The summed E-state index contributed by atoms with van der Waals surface area (Å²) in [5.41, 5.74) is 2.48. The van der Waals surface area contributed by atoms with E-state index < -0.39 is 10.8 Å². The number of pyridine rings is 1. The van der Waals surface area contributed by atoms with Crippen molar-refractivity contribution in [2.75, 3.05) is 20.3 Å². The van der Waals surface area contributed by atoms with Gasteiger partial charge in [0, 0.05) is 31.9 Å². The zero-order valence-electron chi connectivity index (χ0n) is 16.3. The second-order valence-corrected chi connectivity index (χ2v) is 7.05. The van der Waals surface area contributed by atoms with Crippen LogP contribution in [0.3, 0.4) is 0 Å². The molecule has 1 aliphatic heterocycles. The van der Waals surface area contributed by atoms with Gasteiger partial charge in [0.2, 0.25) is 5.17 Å². The minimum absolute atomic E-state index is 0. The predicted molar refractivity (Wildman–Crippen MR) is 101 cm³/mol. The number of aliphatic imine (C=N–C) groups is 2. The van der Waals surface area contributed by atoms with E-state index >= 15 is 0 Å². The first-order valence-corrected chi connectivity index (χ1v) is 9.47. The van der Waals surface area contributed by atoms with Gasteiger partial charge in [-0.15, -0.1) is 0 Å². The molecular weight excluding hydrogens is 361 g/mol. The van der Waals surface area contributed by atoms with E-state index in [0.717, 1.165) is 29.1 Å². The van der Waals surface area contributed by atoms with Crippen LogP contribution in [0.25, 0.3) is 0 Å². The van der Waals surface area contributed by atoms with Crippen LogP contribution in [0.1, 0.15) is 19.1 Å². The third kappa shape index (κ3) is 5.20. The van der Waals surface area contributed by atoms with Gasteiger partial charge in [-0.25, -0.2) is 9.98 Å². The van der Waals surface area contributed by atoms with E-state index in [0.29, 0.717) is 18.4 Å². The van der Waals surface area contributed by atoms with Crippen LogP contribution in [0.15, 0.2) is 46.6 Å². The minimum Gasteiger partial charge on any atom is -1.00 e. The molecule has 8 heteroatoms. The molecule has 2 unspecified atom stereocenters. The van der Waals surface area contributed by atoms with E-state index in [-0.39, 0.29) is 42.8 Å². The van der Waals surface area contributed by atoms with Crippen molar-refractivity contribution < 1.29 is 44.7 Å². The molecule has 0 aromatic carbocycles. The van der Waals surface area contributed by atoms with Crippen molar-refractivity contribution >= 4 is 21.7 Å². The summed E-state index contributed by atoms with van der Waals surface area (Å²) in [6, 6.07) is 1.72. The van der Waals surface area contributed by atoms with E-state index in [4.69, 9.17) is 9.47 Å². The number of nitrogens with zero attached hydrogens (tertiary/aromatic N) is 3. The molecule has 0 N–H and O–H groups in total. The number of hydrogen-bond donors (Lipinski definition) is 0. The molecule has 6 nitrogen and oxygen atoms in total. The predicted octanol–water partition coefficient (Wildman–Crippen LogP) is -0.524. The average molecular weight is 383 g/mol. The Hall–Kier alpha value is -1.12. The number of rotatable bonds is 7. The molecule has 2 atom stereocenters. The van der Waals surface area contributed by atoms with Crippen LogP contribution < -0.4 is 34.3 Å². The smallest absolute Gasteiger partial charge is 1.00 e. The maximum Gasteiger partial charge on any atom is 1.00 e. The summed E-state index contributed by atoms with van der Waals surface area (Å²) in [5, 5.41) is 0.379. The Morgan fingerprint density at radius 3 is 2.92 bits per heavy atom. The molecule has 1 aliphatic carbocycles. The quantitative estimate of drug-likeness (QED) is 0.469. The molecule has 0 saturated heterocycles. The fourth-order valence-electron chi connectivity index (χ4n) is 2.54. The summed E-state index contributed by atoms with van der Waals surface area (Å²) < 4.78 is 23.4. The molecule has 2 aliphatic rings. The van der Waals surface area contributed by atoms with Crippen molar-refractivity contribution in [1.82, 2.24) is 4.98 Å². The normalized spacial score (nSPS) is 18.6. The van der Waals surface area contributed by atoms with E-state index in [1.54, 1.807) is 13.3 Å². The van der Waals surface area contributed by atoms with Crippen LogP contribution in [0.5, 0.6) is 5.75 Å². The monoisotopic (exact) mass is 383 g/mol. The van der Waals surface area contributed by atoms with Gasteiger partial charge < -0.3 is 10.9 Å². The Bertz CT molecular complexity index is 796. The topological polar surface area (TPSA) is 73.1 Å². The number of allylic oxidation sites excluding steroid dienone is 2. The number of ether oxygens (including phenoxy) is 2. The van der Waals surface area contributed by atoms with E-state index in [2.05, 4.69) is 15.0 Å².